The summed E-state index contributed by atoms with van der Waals surface area (Å²) in [6, 6.07) is 11.2. The van der Waals surface area contributed by atoms with E-state index in [0.29, 0.717) is 10.7 Å². The molecule has 0 aromatic heterocycles. The third kappa shape index (κ3) is 3.49. The van der Waals surface area contributed by atoms with Crippen molar-refractivity contribution in [1.29, 1.82) is 0 Å². The zero-order valence-electron chi connectivity index (χ0n) is 9.56. The van der Waals surface area contributed by atoms with Crippen molar-refractivity contribution in [1.82, 2.24) is 0 Å². The van der Waals surface area contributed by atoms with Crippen LogP contribution in [0.15, 0.2) is 42.5 Å². The van der Waals surface area contributed by atoms with Gasteiger partial charge in [-0.25, -0.2) is 0 Å². The number of nitrogens with one attached hydrogen (secondary N) is 2. The van der Waals surface area contributed by atoms with E-state index in [1.807, 2.05) is 0 Å². The molecule has 0 amide bonds. The van der Waals surface area contributed by atoms with Crippen LogP contribution in [0.4, 0.5) is 17.1 Å². The van der Waals surface area contributed by atoms with Crippen molar-refractivity contribution in [3.05, 3.63) is 62.6 Å². The van der Waals surface area contributed by atoms with Gasteiger partial charge in [0, 0.05) is 17.2 Å². The Labute approximate surface area is 119 Å². The third-order valence-corrected chi connectivity index (χ3v) is 2.91. The van der Waals surface area contributed by atoms with Gasteiger partial charge < -0.3 is 5.43 Å². The molecule has 2 N–H and O–H groups in total. The minimum Gasteiger partial charge on any atom is -0.301 e. The van der Waals surface area contributed by atoms with Crippen LogP contribution in [0.25, 0.3) is 0 Å². The molecular weight excluding hydrogens is 289 g/mol. The van der Waals surface area contributed by atoms with E-state index in [1.54, 1.807) is 24.3 Å². The normalized spacial score (nSPS) is 10.0. The average molecular weight is 298 g/mol. The maximum Gasteiger partial charge on any atom is 0.271 e. The molecule has 0 fully saturated rings. The zero-order chi connectivity index (χ0) is 13.8. The van der Waals surface area contributed by atoms with E-state index < -0.39 is 4.92 Å². The van der Waals surface area contributed by atoms with Gasteiger partial charge in [0.25, 0.3) is 5.69 Å². The predicted octanol–water partition coefficient (Wildman–Crippen LogP) is 4.34. The molecule has 0 aliphatic carbocycles. The predicted molar refractivity (Wildman–Crippen MR) is 76.8 cm³/mol. The molecule has 2 aromatic rings. The summed E-state index contributed by atoms with van der Waals surface area (Å²) in [5.41, 5.74) is 7.06. The van der Waals surface area contributed by atoms with Crippen molar-refractivity contribution in [2.24, 2.45) is 0 Å². The molecule has 0 saturated carbocycles. The monoisotopic (exact) mass is 297 g/mol. The fourth-order valence-electron chi connectivity index (χ4n) is 1.39. The summed E-state index contributed by atoms with van der Waals surface area (Å²) in [5.74, 6) is 0. The van der Waals surface area contributed by atoms with Gasteiger partial charge in [-0.15, -0.1) is 0 Å². The number of nitro benzene ring substituents is 1. The summed E-state index contributed by atoms with van der Waals surface area (Å²) in [7, 11) is 0. The lowest BCUT2D eigenvalue weighted by Gasteiger charge is -2.10. The molecule has 0 bridgehead atoms. The molecule has 0 aliphatic rings. The first kappa shape index (κ1) is 13.5. The Morgan fingerprint density at radius 3 is 2.26 bits per heavy atom. The molecule has 2 rings (SSSR count). The molecule has 0 aliphatic heterocycles. The molecule has 0 heterocycles. The number of nitrogens with zero attached hydrogens (tertiary/aromatic N) is 1. The molecule has 19 heavy (non-hydrogen) atoms. The van der Waals surface area contributed by atoms with E-state index in [1.165, 1.54) is 18.2 Å². The number of hydrogen-bond acceptors (Lipinski definition) is 4. The van der Waals surface area contributed by atoms with E-state index in [0.717, 1.165) is 5.69 Å². The molecular formula is C12H9Cl2N3O2. The van der Waals surface area contributed by atoms with Crippen LogP contribution in [0.3, 0.4) is 0 Å². The van der Waals surface area contributed by atoms with E-state index in [-0.39, 0.29) is 10.7 Å². The van der Waals surface area contributed by atoms with Crippen LogP contribution in [0, 0.1) is 10.1 Å². The van der Waals surface area contributed by atoms with Gasteiger partial charge in [0.15, 0.2) is 0 Å². The molecule has 0 unspecified atom stereocenters. The molecule has 5 nitrogen and oxygen atoms in total. The summed E-state index contributed by atoms with van der Waals surface area (Å²) in [6.45, 7) is 0. The molecule has 0 saturated heterocycles. The van der Waals surface area contributed by atoms with Crippen LogP contribution in [0.5, 0.6) is 0 Å². The lowest BCUT2D eigenvalue weighted by Crippen LogP contribution is -2.08. The van der Waals surface area contributed by atoms with E-state index in [2.05, 4.69) is 10.9 Å². The van der Waals surface area contributed by atoms with Gasteiger partial charge in [0.2, 0.25) is 0 Å². The number of halogens is 2. The second kappa shape index (κ2) is 5.77. The Hall–Kier alpha value is -1.98. The summed E-state index contributed by atoms with van der Waals surface area (Å²) in [6.07, 6.45) is 0. The maximum atomic E-state index is 10.6. The highest BCUT2D eigenvalue weighted by Crippen LogP contribution is 2.26. The Balaban J connectivity index is 2.07. The van der Waals surface area contributed by atoms with Crippen molar-refractivity contribution < 1.29 is 4.92 Å². The lowest BCUT2D eigenvalue weighted by molar-refractivity contribution is -0.384. The quantitative estimate of drug-likeness (QED) is 0.651. The molecule has 7 heteroatoms. The van der Waals surface area contributed by atoms with Crippen LogP contribution < -0.4 is 10.9 Å². The first-order valence-electron chi connectivity index (χ1n) is 5.28. The van der Waals surface area contributed by atoms with Crippen molar-refractivity contribution >= 4 is 40.3 Å². The summed E-state index contributed by atoms with van der Waals surface area (Å²) in [5, 5.41) is 11.5. The van der Waals surface area contributed by atoms with E-state index in [9.17, 15) is 10.1 Å². The minimum absolute atomic E-state index is 0.0537. The second-order valence-electron chi connectivity index (χ2n) is 3.68. The molecule has 0 atom stereocenters. The van der Waals surface area contributed by atoms with Crippen molar-refractivity contribution in [3.63, 3.8) is 0 Å². The highest BCUT2D eigenvalue weighted by molar-refractivity contribution is 6.33. The number of anilines is 2. The number of rotatable bonds is 4. The van der Waals surface area contributed by atoms with Gasteiger partial charge >= 0.3 is 0 Å². The fourth-order valence-corrected chi connectivity index (χ4v) is 1.74. The van der Waals surface area contributed by atoms with Gasteiger partial charge in [0.1, 0.15) is 0 Å². The summed E-state index contributed by atoms with van der Waals surface area (Å²) in [4.78, 5) is 10.1. The first-order chi connectivity index (χ1) is 9.06. The first-order valence-corrected chi connectivity index (χ1v) is 6.03. The van der Waals surface area contributed by atoms with Crippen LogP contribution in [-0.2, 0) is 0 Å². The van der Waals surface area contributed by atoms with E-state index >= 15 is 0 Å². The Morgan fingerprint density at radius 2 is 1.68 bits per heavy atom. The lowest BCUT2D eigenvalue weighted by atomic mass is 10.3. The van der Waals surface area contributed by atoms with Crippen LogP contribution in [0.2, 0.25) is 10.0 Å². The van der Waals surface area contributed by atoms with Crippen molar-refractivity contribution in [3.8, 4) is 0 Å². The van der Waals surface area contributed by atoms with Gasteiger partial charge in [-0.2, -0.15) is 0 Å². The SMILES string of the molecule is O=[N+]([O-])c1ccc(NNc2ccc(Cl)cc2)c(Cl)c1. The highest BCUT2D eigenvalue weighted by Gasteiger charge is 2.08. The van der Waals surface area contributed by atoms with Gasteiger partial charge in [-0.1, -0.05) is 23.2 Å². The number of hydrazine groups is 1. The standard InChI is InChI=1S/C12H9Cl2N3O2/c13-8-1-3-9(4-2-8)15-16-12-6-5-10(17(18)19)7-11(12)14/h1-7,15-16H. The molecule has 2 aromatic carbocycles. The second-order valence-corrected chi connectivity index (χ2v) is 4.52. The smallest absolute Gasteiger partial charge is 0.271 e. The highest BCUT2D eigenvalue weighted by atomic mass is 35.5. The van der Waals surface area contributed by atoms with E-state index in [4.69, 9.17) is 23.2 Å². The maximum absolute atomic E-state index is 10.6. The number of hydrogen-bond donors (Lipinski definition) is 2. The van der Waals surface area contributed by atoms with Crippen LogP contribution >= 0.6 is 23.2 Å². The summed E-state index contributed by atoms with van der Waals surface area (Å²) < 4.78 is 0. The molecule has 98 valence electrons. The summed E-state index contributed by atoms with van der Waals surface area (Å²) >= 11 is 11.7. The number of nitro groups is 1. The van der Waals surface area contributed by atoms with Crippen molar-refractivity contribution in [2.45, 2.75) is 0 Å². The third-order valence-electron chi connectivity index (χ3n) is 2.35. The number of benzene rings is 2. The van der Waals surface area contributed by atoms with Crippen LogP contribution in [0.1, 0.15) is 0 Å². The van der Waals surface area contributed by atoms with Gasteiger partial charge in [0.05, 0.1) is 21.3 Å². The molecule has 0 radical (unpaired) electrons. The topological polar surface area (TPSA) is 67.2 Å². The average Bonchev–Trinajstić information content (AvgIpc) is 2.39. The van der Waals surface area contributed by atoms with Gasteiger partial charge in [-0.05, 0) is 30.3 Å². The molecule has 0 spiro atoms. The van der Waals surface area contributed by atoms with Crippen LogP contribution in [-0.4, -0.2) is 4.92 Å². The minimum atomic E-state index is -0.498. The fraction of sp³-hybridized carbons (Fsp3) is 0. The number of non-ortho nitro benzene ring substituents is 1. The largest absolute Gasteiger partial charge is 0.301 e. The Morgan fingerprint density at radius 1 is 1.00 bits per heavy atom. The zero-order valence-corrected chi connectivity index (χ0v) is 11.1. The Bertz CT molecular complexity index is 602. The van der Waals surface area contributed by atoms with Gasteiger partial charge in [-0.3, -0.25) is 15.5 Å². The van der Waals surface area contributed by atoms with Crippen molar-refractivity contribution in [2.75, 3.05) is 10.9 Å². The Kier molecular flexibility index (Phi) is 4.09.